The number of nitrogens with zero attached hydrogens (tertiary/aromatic N) is 1. The summed E-state index contributed by atoms with van der Waals surface area (Å²) >= 11 is 0. The quantitative estimate of drug-likeness (QED) is 0.831. The first-order valence-corrected chi connectivity index (χ1v) is 10.6. The third-order valence-corrected chi connectivity index (χ3v) is 7.06. The van der Waals surface area contributed by atoms with Crippen molar-refractivity contribution in [2.45, 2.75) is 17.2 Å². The molecule has 0 spiro atoms. The number of amides is 1. The Morgan fingerprint density at radius 1 is 1.11 bits per heavy atom. The number of halogens is 1. The smallest absolute Gasteiger partial charge is 0.246 e. The lowest BCUT2D eigenvalue weighted by molar-refractivity contribution is -0.117. The monoisotopic (exact) mass is 404 g/mol. The van der Waals surface area contributed by atoms with Gasteiger partial charge in [-0.05, 0) is 36.1 Å². The zero-order chi connectivity index (χ0) is 19.7. The van der Waals surface area contributed by atoms with E-state index in [2.05, 4.69) is 5.32 Å². The van der Waals surface area contributed by atoms with E-state index in [1.54, 1.807) is 0 Å². The summed E-state index contributed by atoms with van der Waals surface area (Å²) in [4.78, 5) is 12.1. The first-order chi connectivity index (χ1) is 13.5. The third kappa shape index (κ3) is 3.80. The Balaban J connectivity index is 1.49. The molecule has 1 aliphatic carbocycles. The number of sulfonamides is 1. The molecular formula is C20H21FN2O4S. The van der Waals surface area contributed by atoms with Crippen molar-refractivity contribution in [1.82, 2.24) is 4.31 Å². The van der Waals surface area contributed by atoms with Crippen LogP contribution in [0.1, 0.15) is 17.9 Å². The van der Waals surface area contributed by atoms with E-state index in [9.17, 15) is 17.6 Å². The van der Waals surface area contributed by atoms with Crippen LogP contribution in [0.5, 0.6) is 0 Å². The van der Waals surface area contributed by atoms with Crippen molar-refractivity contribution in [3.05, 3.63) is 59.9 Å². The molecule has 1 heterocycles. The van der Waals surface area contributed by atoms with Crippen LogP contribution in [-0.2, 0) is 19.6 Å². The number of ether oxygens (including phenoxy) is 1. The van der Waals surface area contributed by atoms with Gasteiger partial charge >= 0.3 is 0 Å². The molecule has 1 saturated carbocycles. The molecule has 8 heteroatoms. The van der Waals surface area contributed by atoms with Crippen LogP contribution in [0.3, 0.4) is 0 Å². The fourth-order valence-electron chi connectivity index (χ4n) is 3.49. The predicted octanol–water partition coefficient (Wildman–Crippen LogP) is 2.59. The molecule has 2 atom stereocenters. The Hall–Kier alpha value is -2.29. The van der Waals surface area contributed by atoms with Crippen LogP contribution in [-0.4, -0.2) is 44.9 Å². The maximum Gasteiger partial charge on any atom is 0.246 e. The molecule has 28 heavy (non-hydrogen) atoms. The highest BCUT2D eigenvalue weighted by Crippen LogP contribution is 2.47. The Morgan fingerprint density at radius 3 is 2.54 bits per heavy atom. The van der Waals surface area contributed by atoms with Gasteiger partial charge in [-0.25, -0.2) is 12.8 Å². The van der Waals surface area contributed by atoms with E-state index < -0.39 is 20.7 Å². The number of carbonyl (C=O) groups excluding carboxylic acids is 1. The summed E-state index contributed by atoms with van der Waals surface area (Å²) < 4.78 is 46.1. The molecule has 2 aliphatic rings. The average molecular weight is 404 g/mol. The second-order valence-corrected chi connectivity index (χ2v) is 8.92. The number of rotatable bonds is 5. The van der Waals surface area contributed by atoms with Gasteiger partial charge in [0.2, 0.25) is 15.9 Å². The molecule has 0 bridgehead atoms. The number of benzene rings is 2. The van der Waals surface area contributed by atoms with Gasteiger partial charge in [-0.1, -0.05) is 30.3 Å². The minimum Gasteiger partial charge on any atom is -0.379 e. The highest BCUT2D eigenvalue weighted by atomic mass is 32.2. The van der Waals surface area contributed by atoms with Gasteiger partial charge in [0, 0.05) is 24.7 Å². The first-order valence-electron chi connectivity index (χ1n) is 9.20. The van der Waals surface area contributed by atoms with Crippen molar-refractivity contribution in [2.24, 2.45) is 5.92 Å². The standard InChI is InChI=1S/C20H21FN2O4S/c21-18-7-6-15(12-19(18)28(25,26)23-8-10-27-11-9-23)22-20(24)17-13-16(17)14-4-2-1-3-5-14/h1-7,12,16-17H,8-11,13H2,(H,22,24). The average Bonchev–Trinajstić information content (AvgIpc) is 3.52. The van der Waals surface area contributed by atoms with E-state index in [1.807, 2.05) is 30.3 Å². The fourth-order valence-corrected chi connectivity index (χ4v) is 4.99. The van der Waals surface area contributed by atoms with Gasteiger partial charge in [-0.3, -0.25) is 4.79 Å². The van der Waals surface area contributed by atoms with Crippen LogP contribution in [0, 0.1) is 11.7 Å². The zero-order valence-electron chi connectivity index (χ0n) is 15.2. The van der Waals surface area contributed by atoms with Crippen molar-refractivity contribution in [1.29, 1.82) is 0 Å². The maximum atomic E-state index is 14.3. The summed E-state index contributed by atoms with van der Waals surface area (Å²) in [6, 6.07) is 13.4. The topological polar surface area (TPSA) is 75.7 Å². The van der Waals surface area contributed by atoms with Crippen LogP contribution in [0.25, 0.3) is 0 Å². The third-order valence-electron chi connectivity index (χ3n) is 5.14. The minimum absolute atomic E-state index is 0.160. The van der Waals surface area contributed by atoms with Crippen molar-refractivity contribution in [3.63, 3.8) is 0 Å². The largest absolute Gasteiger partial charge is 0.379 e. The van der Waals surface area contributed by atoms with E-state index in [0.717, 1.165) is 18.1 Å². The van der Waals surface area contributed by atoms with Crippen LogP contribution >= 0.6 is 0 Å². The van der Waals surface area contributed by atoms with Gasteiger partial charge in [-0.2, -0.15) is 4.31 Å². The molecule has 1 saturated heterocycles. The van der Waals surface area contributed by atoms with Crippen LogP contribution in [0.15, 0.2) is 53.4 Å². The van der Waals surface area contributed by atoms with E-state index >= 15 is 0 Å². The molecular weight excluding hydrogens is 383 g/mol. The van der Waals surface area contributed by atoms with Gasteiger partial charge in [-0.15, -0.1) is 0 Å². The summed E-state index contributed by atoms with van der Waals surface area (Å²) in [5, 5.41) is 2.73. The molecule has 2 fully saturated rings. The van der Waals surface area contributed by atoms with E-state index in [-0.39, 0.29) is 49.7 Å². The minimum atomic E-state index is -3.98. The van der Waals surface area contributed by atoms with Crippen LogP contribution < -0.4 is 5.32 Å². The molecule has 2 aromatic rings. The second-order valence-electron chi connectivity index (χ2n) is 7.01. The molecule has 2 aromatic carbocycles. The molecule has 2 unspecified atom stereocenters. The molecule has 0 aromatic heterocycles. The highest BCUT2D eigenvalue weighted by molar-refractivity contribution is 7.89. The fraction of sp³-hybridized carbons (Fsp3) is 0.350. The number of morpholine rings is 1. The Kier molecular flexibility index (Phi) is 5.18. The van der Waals surface area contributed by atoms with Crippen LogP contribution in [0.2, 0.25) is 0 Å². The molecule has 0 radical (unpaired) electrons. The van der Waals surface area contributed by atoms with Crippen molar-refractivity contribution in [2.75, 3.05) is 31.6 Å². The molecule has 148 valence electrons. The van der Waals surface area contributed by atoms with Gasteiger partial charge in [0.15, 0.2) is 0 Å². The lowest BCUT2D eigenvalue weighted by Crippen LogP contribution is -2.40. The summed E-state index contributed by atoms with van der Waals surface area (Å²) in [5.74, 6) is -1.02. The second kappa shape index (κ2) is 7.62. The molecule has 6 nitrogen and oxygen atoms in total. The zero-order valence-corrected chi connectivity index (χ0v) is 16.0. The van der Waals surface area contributed by atoms with E-state index in [0.29, 0.717) is 0 Å². The lowest BCUT2D eigenvalue weighted by atomic mass is 10.1. The van der Waals surface area contributed by atoms with Gasteiger partial charge in [0.05, 0.1) is 13.2 Å². The Morgan fingerprint density at radius 2 is 1.82 bits per heavy atom. The highest BCUT2D eigenvalue weighted by Gasteiger charge is 2.43. The number of anilines is 1. The van der Waals surface area contributed by atoms with Crippen molar-refractivity contribution < 1.29 is 22.3 Å². The van der Waals surface area contributed by atoms with Crippen molar-refractivity contribution >= 4 is 21.6 Å². The SMILES string of the molecule is O=C(Nc1ccc(F)c(S(=O)(=O)N2CCOCC2)c1)C1CC1c1ccccc1. The van der Waals surface area contributed by atoms with Crippen LogP contribution in [0.4, 0.5) is 10.1 Å². The van der Waals surface area contributed by atoms with Gasteiger partial charge in [0.1, 0.15) is 10.7 Å². The van der Waals surface area contributed by atoms with E-state index in [4.69, 9.17) is 4.74 Å². The molecule has 1 amide bonds. The summed E-state index contributed by atoms with van der Waals surface area (Å²) in [7, 11) is -3.98. The number of nitrogens with one attached hydrogen (secondary N) is 1. The number of carbonyl (C=O) groups is 1. The van der Waals surface area contributed by atoms with Gasteiger partial charge in [0.25, 0.3) is 0 Å². The Labute approximate surface area is 163 Å². The van der Waals surface area contributed by atoms with E-state index in [1.165, 1.54) is 16.4 Å². The number of hydrogen-bond acceptors (Lipinski definition) is 4. The molecule has 1 N–H and O–H groups in total. The summed E-state index contributed by atoms with van der Waals surface area (Å²) in [5.41, 5.74) is 1.38. The van der Waals surface area contributed by atoms with Crippen molar-refractivity contribution in [3.8, 4) is 0 Å². The predicted molar refractivity (Wildman–Crippen MR) is 102 cm³/mol. The lowest BCUT2D eigenvalue weighted by Gasteiger charge is -2.26. The molecule has 1 aliphatic heterocycles. The normalized spacial score (nSPS) is 22.6. The number of hydrogen-bond donors (Lipinski definition) is 1. The first kappa shape index (κ1) is 19.0. The van der Waals surface area contributed by atoms with Gasteiger partial charge < -0.3 is 10.1 Å². The Bertz CT molecular complexity index is 975. The molecule has 4 rings (SSSR count). The summed E-state index contributed by atoms with van der Waals surface area (Å²) in [6.07, 6.45) is 0.746. The summed E-state index contributed by atoms with van der Waals surface area (Å²) in [6.45, 7) is 0.915. The maximum absolute atomic E-state index is 14.3.